The predicted molar refractivity (Wildman–Crippen MR) is 74.9 cm³/mol. The fourth-order valence-corrected chi connectivity index (χ4v) is 3.31. The van der Waals surface area contributed by atoms with Gasteiger partial charge in [-0.1, -0.05) is 0 Å². The van der Waals surface area contributed by atoms with Crippen molar-refractivity contribution in [2.24, 2.45) is 0 Å². The van der Waals surface area contributed by atoms with Crippen molar-refractivity contribution in [1.29, 1.82) is 0 Å². The molecule has 0 saturated carbocycles. The standard InChI is InChI=1S/C14H15NO5S/c1-10(12-3-2-6-18-12)15-21(16,17)11-4-5-13-14(9-11)20-8-7-19-13/h2-6,9-10,15H,7-8H2,1H3/t10-/m0/s1. The molecular weight excluding hydrogens is 294 g/mol. The number of benzene rings is 1. The smallest absolute Gasteiger partial charge is 0.241 e. The van der Waals surface area contributed by atoms with E-state index in [1.54, 1.807) is 25.1 Å². The second-order valence-electron chi connectivity index (χ2n) is 4.66. The first-order valence-electron chi connectivity index (χ1n) is 6.52. The van der Waals surface area contributed by atoms with E-state index in [2.05, 4.69) is 4.72 Å². The number of fused-ring (bicyclic) bond motifs is 1. The Bertz CT molecular complexity index is 724. The van der Waals surface area contributed by atoms with Crippen molar-refractivity contribution in [2.45, 2.75) is 17.9 Å². The lowest BCUT2D eigenvalue weighted by molar-refractivity contribution is 0.171. The summed E-state index contributed by atoms with van der Waals surface area (Å²) < 4.78 is 43.3. The number of sulfonamides is 1. The van der Waals surface area contributed by atoms with Crippen LogP contribution in [-0.2, 0) is 10.0 Å². The molecule has 0 fully saturated rings. The molecule has 0 aliphatic carbocycles. The van der Waals surface area contributed by atoms with Gasteiger partial charge in [0.15, 0.2) is 11.5 Å². The molecule has 0 unspecified atom stereocenters. The fourth-order valence-electron chi connectivity index (χ4n) is 2.09. The summed E-state index contributed by atoms with van der Waals surface area (Å²) in [7, 11) is -3.66. The minimum atomic E-state index is -3.66. The van der Waals surface area contributed by atoms with Crippen LogP contribution in [-0.4, -0.2) is 21.6 Å². The maximum atomic E-state index is 12.4. The van der Waals surface area contributed by atoms with Gasteiger partial charge in [-0.3, -0.25) is 0 Å². The molecule has 2 aromatic rings. The monoisotopic (exact) mass is 309 g/mol. The van der Waals surface area contributed by atoms with Gasteiger partial charge in [0.05, 0.1) is 17.2 Å². The highest BCUT2D eigenvalue weighted by atomic mass is 32.2. The molecule has 0 amide bonds. The number of ether oxygens (including phenoxy) is 2. The molecular formula is C14H15NO5S. The summed E-state index contributed by atoms with van der Waals surface area (Å²) in [6, 6.07) is 7.52. The Morgan fingerprint density at radius 2 is 1.90 bits per heavy atom. The van der Waals surface area contributed by atoms with Crippen molar-refractivity contribution < 1.29 is 22.3 Å². The minimum Gasteiger partial charge on any atom is -0.486 e. The molecule has 0 spiro atoms. The molecule has 112 valence electrons. The molecule has 1 aliphatic heterocycles. The van der Waals surface area contributed by atoms with Crippen molar-refractivity contribution in [3.63, 3.8) is 0 Å². The number of furan rings is 1. The second kappa shape index (κ2) is 5.42. The number of nitrogens with one attached hydrogen (secondary N) is 1. The Balaban J connectivity index is 1.84. The Hall–Kier alpha value is -1.99. The summed E-state index contributed by atoms with van der Waals surface area (Å²) in [5.41, 5.74) is 0. The van der Waals surface area contributed by atoms with Gasteiger partial charge in [-0.15, -0.1) is 0 Å². The van der Waals surface area contributed by atoms with Gasteiger partial charge in [-0.05, 0) is 31.2 Å². The van der Waals surface area contributed by atoms with Crippen LogP contribution in [0.1, 0.15) is 18.7 Å². The van der Waals surface area contributed by atoms with E-state index in [-0.39, 0.29) is 4.90 Å². The van der Waals surface area contributed by atoms with Gasteiger partial charge >= 0.3 is 0 Å². The van der Waals surface area contributed by atoms with Crippen LogP contribution in [0.5, 0.6) is 11.5 Å². The van der Waals surface area contributed by atoms with E-state index in [4.69, 9.17) is 13.9 Å². The zero-order chi connectivity index (χ0) is 14.9. The van der Waals surface area contributed by atoms with Gasteiger partial charge in [0.1, 0.15) is 19.0 Å². The molecule has 1 atom stereocenters. The lowest BCUT2D eigenvalue weighted by atomic mass is 10.3. The third kappa shape index (κ3) is 2.88. The molecule has 1 aromatic carbocycles. The molecule has 1 N–H and O–H groups in total. The maximum absolute atomic E-state index is 12.4. The summed E-state index contributed by atoms with van der Waals surface area (Å²) >= 11 is 0. The Kier molecular flexibility index (Phi) is 3.60. The summed E-state index contributed by atoms with van der Waals surface area (Å²) in [5, 5.41) is 0. The van der Waals surface area contributed by atoms with Crippen LogP contribution < -0.4 is 14.2 Å². The highest BCUT2D eigenvalue weighted by molar-refractivity contribution is 7.89. The van der Waals surface area contributed by atoms with E-state index in [9.17, 15) is 8.42 Å². The molecule has 1 aromatic heterocycles. The third-order valence-electron chi connectivity index (χ3n) is 3.13. The predicted octanol–water partition coefficient (Wildman–Crippen LogP) is 2.09. The van der Waals surface area contributed by atoms with Gasteiger partial charge in [0, 0.05) is 6.07 Å². The van der Waals surface area contributed by atoms with E-state index >= 15 is 0 Å². The average molecular weight is 309 g/mol. The van der Waals surface area contributed by atoms with Crippen molar-refractivity contribution in [3.05, 3.63) is 42.4 Å². The zero-order valence-corrected chi connectivity index (χ0v) is 12.2. The maximum Gasteiger partial charge on any atom is 0.241 e. The average Bonchev–Trinajstić information content (AvgIpc) is 3.00. The SMILES string of the molecule is C[C@H](NS(=O)(=O)c1ccc2c(c1)OCCO2)c1ccco1. The molecule has 2 heterocycles. The Morgan fingerprint density at radius 1 is 1.14 bits per heavy atom. The van der Waals surface area contributed by atoms with Crippen LogP contribution >= 0.6 is 0 Å². The molecule has 6 nitrogen and oxygen atoms in total. The van der Waals surface area contributed by atoms with Gasteiger partial charge in [0.2, 0.25) is 10.0 Å². The summed E-state index contributed by atoms with van der Waals surface area (Å²) in [6.07, 6.45) is 1.50. The molecule has 21 heavy (non-hydrogen) atoms. The number of rotatable bonds is 4. The number of hydrogen-bond donors (Lipinski definition) is 1. The molecule has 3 rings (SSSR count). The molecule has 0 saturated heterocycles. The molecule has 0 radical (unpaired) electrons. The highest BCUT2D eigenvalue weighted by Gasteiger charge is 2.22. The van der Waals surface area contributed by atoms with E-state index in [1.165, 1.54) is 18.4 Å². The van der Waals surface area contributed by atoms with Crippen LogP contribution in [0, 0.1) is 0 Å². The van der Waals surface area contributed by atoms with E-state index in [0.717, 1.165) is 0 Å². The summed E-state index contributed by atoms with van der Waals surface area (Å²) in [6.45, 7) is 2.59. The molecule has 1 aliphatic rings. The Labute approximate surface area is 122 Å². The van der Waals surface area contributed by atoms with Crippen LogP contribution in [0.25, 0.3) is 0 Å². The first-order valence-corrected chi connectivity index (χ1v) is 8.00. The van der Waals surface area contributed by atoms with Crippen molar-refractivity contribution in [2.75, 3.05) is 13.2 Å². The topological polar surface area (TPSA) is 77.8 Å². The lowest BCUT2D eigenvalue weighted by Crippen LogP contribution is -2.27. The van der Waals surface area contributed by atoms with Crippen LogP contribution in [0.15, 0.2) is 45.9 Å². The van der Waals surface area contributed by atoms with Crippen molar-refractivity contribution in [3.8, 4) is 11.5 Å². The van der Waals surface area contributed by atoms with Gasteiger partial charge in [-0.25, -0.2) is 13.1 Å². The third-order valence-corrected chi connectivity index (χ3v) is 4.66. The van der Waals surface area contributed by atoms with Crippen LogP contribution in [0.4, 0.5) is 0 Å². The largest absolute Gasteiger partial charge is 0.486 e. The van der Waals surface area contributed by atoms with Crippen LogP contribution in [0.2, 0.25) is 0 Å². The quantitative estimate of drug-likeness (QED) is 0.935. The van der Waals surface area contributed by atoms with E-state index in [0.29, 0.717) is 30.5 Å². The van der Waals surface area contributed by atoms with E-state index < -0.39 is 16.1 Å². The second-order valence-corrected chi connectivity index (χ2v) is 6.38. The summed E-state index contributed by atoms with van der Waals surface area (Å²) in [4.78, 5) is 0.130. The zero-order valence-electron chi connectivity index (χ0n) is 11.4. The normalized spacial score (nSPS) is 15.7. The molecule has 0 bridgehead atoms. The van der Waals surface area contributed by atoms with Crippen molar-refractivity contribution >= 4 is 10.0 Å². The van der Waals surface area contributed by atoms with Gasteiger partial charge in [-0.2, -0.15) is 0 Å². The fraction of sp³-hybridized carbons (Fsp3) is 0.286. The van der Waals surface area contributed by atoms with Crippen molar-refractivity contribution in [1.82, 2.24) is 4.72 Å². The minimum absolute atomic E-state index is 0.130. The van der Waals surface area contributed by atoms with Crippen LogP contribution in [0.3, 0.4) is 0 Å². The highest BCUT2D eigenvalue weighted by Crippen LogP contribution is 2.32. The van der Waals surface area contributed by atoms with Gasteiger partial charge in [0.25, 0.3) is 0 Å². The number of hydrogen-bond acceptors (Lipinski definition) is 5. The van der Waals surface area contributed by atoms with Gasteiger partial charge < -0.3 is 13.9 Å². The first-order chi connectivity index (χ1) is 10.1. The molecule has 7 heteroatoms. The summed E-state index contributed by atoms with van der Waals surface area (Å²) in [5.74, 6) is 1.55. The first kappa shape index (κ1) is 14.0. The Morgan fingerprint density at radius 3 is 2.62 bits per heavy atom. The van der Waals surface area contributed by atoms with E-state index in [1.807, 2.05) is 0 Å². The lowest BCUT2D eigenvalue weighted by Gasteiger charge is -2.19.